The maximum Gasteiger partial charge on any atom is 0.296 e. The zero-order chi connectivity index (χ0) is 24.2. The fourth-order valence-electron chi connectivity index (χ4n) is 5.26. The molecule has 182 valence electrons. The van der Waals surface area contributed by atoms with Crippen molar-refractivity contribution in [2.75, 3.05) is 19.8 Å². The molecule has 5 heterocycles. The number of H-pyrrole nitrogens is 1. The molecule has 0 saturated carbocycles. The molecular formula is C27H23ClN4O4. The summed E-state index contributed by atoms with van der Waals surface area (Å²) in [4.78, 5) is 24.4. The SMILES string of the molecule is O=C1NCCc2cc(-c3ccc(-c4nc5nc(OC6COC7CCOC76)[nH]c5cc4Cl)cc3)ccc21. The third kappa shape index (κ3) is 3.73. The Morgan fingerprint density at radius 1 is 1.00 bits per heavy atom. The van der Waals surface area contributed by atoms with Gasteiger partial charge in [-0.05, 0) is 41.7 Å². The van der Waals surface area contributed by atoms with E-state index in [1.807, 2.05) is 42.5 Å². The number of nitrogens with zero attached hydrogens (tertiary/aromatic N) is 2. The number of amides is 1. The fourth-order valence-corrected chi connectivity index (χ4v) is 5.52. The van der Waals surface area contributed by atoms with Crippen molar-refractivity contribution < 1.29 is 19.0 Å². The molecule has 2 saturated heterocycles. The Kier molecular flexibility index (Phi) is 5.20. The minimum atomic E-state index is -0.196. The van der Waals surface area contributed by atoms with Crippen molar-refractivity contribution in [1.82, 2.24) is 20.3 Å². The monoisotopic (exact) mass is 502 g/mol. The number of hydrogen-bond donors (Lipinski definition) is 2. The van der Waals surface area contributed by atoms with E-state index < -0.39 is 0 Å². The highest BCUT2D eigenvalue weighted by Crippen LogP contribution is 2.33. The van der Waals surface area contributed by atoms with Crippen LogP contribution in [0.4, 0.5) is 0 Å². The average molecular weight is 503 g/mol. The van der Waals surface area contributed by atoms with Crippen LogP contribution in [-0.4, -0.2) is 58.9 Å². The molecule has 3 aliphatic rings. The molecule has 3 unspecified atom stereocenters. The zero-order valence-corrected chi connectivity index (χ0v) is 20.0. The molecule has 1 amide bonds. The van der Waals surface area contributed by atoms with Crippen LogP contribution in [0.5, 0.6) is 6.01 Å². The predicted molar refractivity (Wildman–Crippen MR) is 134 cm³/mol. The van der Waals surface area contributed by atoms with Crippen LogP contribution in [0.1, 0.15) is 22.3 Å². The van der Waals surface area contributed by atoms with Crippen LogP contribution in [0.25, 0.3) is 33.5 Å². The van der Waals surface area contributed by atoms with Gasteiger partial charge in [0.2, 0.25) is 0 Å². The van der Waals surface area contributed by atoms with Gasteiger partial charge < -0.3 is 24.5 Å². The molecule has 2 fully saturated rings. The lowest BCUT2D eigenvalue weighted by molar-refractivity contribution is 0.0273. The van der Waals surface area contributed by atoms with E-state index in [-0.39, 0.29) is 24.2 Å². The molecule has 0 radical (unpaired) electrons. The van der Waals surface area contributed by atoms with Crippen molar-refractivity contribution in [2.24, 2.45) is 0 Å². The van der Waals surface area contributed by atoms with Crippen molar-refractivity contribution >= 4 is 28.7 Å². The number of rotatable bonds is 4. The molecule has 0 bridgehead atoms. The van der Waals surface area contributed by atoms with Gasteiger partial charge in [-0.25, -0.2) is 4.98 Å². The van der Waals surface area contributed by atoms with E-state index in [4.69, 9.17) is 30.8 Å². The molecule has 0 aliphatic carbocycles. The Bertz CT molecular complexity index is 1490. The number of fused-ring (bicyclic) bond motifs is 3. The Hall–Kier alpha value is -3.46. The number of carbonyl (C=O) groups is 1. The summed E-state index contributed by atoms with van der Waals surface area (Å²) in [5.74, 6) is -0.00572. The van der Waals surface area contributed by atoms with Crippen LogP contribution in [0, 0.1) is 0 Å². The number of benzene rings is 2. The van der Waals surface area contributed by atoms with Gasteiger partial charge in [-0.2, -0.15) is 4.98 Å². The molecule has 0 spiro atoms. The first-order valence-corrected chi connectivity index (χ1v) is 12.5. The first-order valence-electron chi connectivity index (χ1n) is 12.1. The minimum absolute atomic E-state index is 0.00572. The number of carbonyl (C=O) groups excluding carboxylic acids is 1. The lowest BCUT2D eigenvalue weighted by atomic mass is 9.94. The Balaban J connectivity index is 1.14. The van der Waals surface area contributed by atoms with Gasteiger partial charge in [0, 0.05) is 24.3 Å². The molecule has 8 nitrogen and oxygen atoms in total. The maximum atomic E-state index is 12.0. The molecule has 4 aromatic rings. The number of aromatic nitrogens is 3. The summed E-state index contributed by atoms with van der Waals surface area (Å²) >= 11 is 6.61. The van der Waals surface area contributed by atoms with E-state index in [1.165, 1.54) is 0 Å². The first-order chi connectivity index (χ1) is 17.6. The smallest absolute Gasteiger partial charge is 0.296 e. The number of imidazole rings is 1. The summed E-state index contributed by atoms with van der Waals surface area (Å²) in [6.07, 6.45) is 1.58. The third-order valence-electron chi connectivity index (χ3n) is 7.11. The van der Waals surface area contributed by atoms with Gasteiger partial charge in [0.1, 0.15) is 6.10 Å². The van der Waals surface area contributed by atoms with Gasteiger partial charge in [0.05, 0.1) is 28.9 Å². The topological polar surface area (TPSA) is 98.4 Å². The molecule has 2 N–H and O–H groups in total. The number of aromatic amines is 1. The third-order valence-corrected chi connectivity index (χ3v) is 7.40. The van der Waals surface area contributed by atoms with Crippen molar-refractivity contribution in [3.63, 3.8) is 0 Å². The molecule has 9 heteroatoms. The van der Waals surface area contributed by atoms with Crippen LogP contribution in [0.2, 0.25) is 5.02 Å². The average Bonchev–Trinajstić information content (AvgIpc) is 3.61. The molecule has 3 aliphatic heterocycles. The molecule has 2 aromatic carbocycles. The largest absolute Gasteiger partial charge is 0.456 e. The van der Waals surface area contributed by atoms with Gasteiger partial charge in [-0.1, -0.05) is 48.0 Å². The first kappa shape index (κ1) is 21.8. The van der Waals surface area contributed by atoms with Gasteiger partial charge in [-0.15, -0.1) is 0 Å². The molecular weight excluding hydrogens is 480 g/mol. The number of nitrogens with one attached hydrogen (secondary N) is 2. The van der Waals surface area contributed by atoms with Crippen molar-refractivity contribution in [1.29, 1.82) is 0 Å². The summed E-state index contributed by atoms with van der Waals surface area (Å²) in [6, 6.07) is 16.3. The Labute approximate surface area is 211 Å². The highest BCUT2D eigenvalue weighted by atomic mass is 35.5. The quantitative estimate of drug-likeness (QED) is 0.434. The predicted octanol–water partition coefficient (Wildman–Crippen LogP) is 4.17. The number of halogens is 1. The second kappa shape index (κ2) is 8.58. The fraction of sp³-hybridized carbons (Fsp3) is 0.296. The van der Waals surface area contributed by atoms with Gasteiger partial charge in [0.25, 0.3) is 11.9 Å². The second-order valence-corrected chi connectivity index (χ2v) is 9.75. The maximum absolute atomic E-state index is 12.0. The lowest BCUT2D eigenvalue weighted by Crippen LogP contribution is -2.32. The highest BCUT2D eigenvalue weighted by molar-refractivity contribution is 6.33. The van der Waals surface area contributed by atoms with Crippen molar-refractivity contribution in [2.45, 2.75) is 31.2 Å². The highest BCUT2D eigenvalue weighted by Gasteiger charge is 2.43. The number of hydrogen-bond acceptors (Lipinski definition) is 6. The van der Waals surface area contributed by atoms with Gasteiger partial charge >= 0.3 is 0 Å². The summed E-state index contributed by atoms with van der Waals surface area (Å²) in [5, 5.41) is 3.41. The number of pyridine rings is 1. The summed E-state index contributed by atoms with van der Waals surface area (Å²) in [7, 11) is 0. The minimum Gasteiger partial charge on any atom is -0.456 e. The Morgan fingerprint density at radius 2 is 1.83 bits per heavy atom. The molecule has 3 atom stereocenters. The van der Waals surface area contributed by atoms with Crippen LogP contribution < -0.4 is 10.1 Å². The van der Waals surface area contributed by atoms with E-state index in [1.54, 1.807) is 0 Å². The van der Waals surface area contributed by atoms with E-state index in [9.17, 15) is 4.79 Å². The van der Waals surface area contributed by atoms with E-state index in [0.29, 0.717) is 47.6 Å². The molecule has 7 rings (SSSR count). The zero-order valence-electron chi connectivity index (χ0n) is 19.3. The van der Waals surface area contributed by atoms with E-state index in [0.717, 1.165) is 40.7 Å². The Morgan fingerprint density at radius 3 is 2.72 bits per heavy atom. The normalized spacial score (nSPS) is 22.9. The molecule has 2 aromatic heterocycles. The van der Waals surface area contributed by atoms with E-state index in [2.05, 4.69) is 21.4 Å². The van der Waals surface area contributed by atoms with Crippen LogP contribution in [-0.2, 0) is 15.9 Å². The van der Waals surface area contributed by atoms with Gasteiger partial charge in [0.15, 0.2) is 11.8 Å². The van der Waals surface area contributed by atoms with Crippen molar-refractivity contribution in [3.05, 3.63) is 64.7 Å². The lowest BCUT2D eigenvalue weighted by Gasteiger charge is -2.17. The summed E-state index contributed by atoms with van der Waals surface area (Å²) in [6.45, 7) is 1.85. The number of ether oxygens (including phenoxy) is 3. The van der Waals surface area contributed by atoms with Crippen LogP contribution >= 0.6 is 11.6 Å². The van der Waals surface area contributed by atoms with E-state index >= 15 is 0 Å². The van der Waals surface area contributed by atoms with Crippen molar-refractivity contribution in [3.8, 4) is 28.4 Å². The summed E-state index contributed by atoms with van der Waals surface area (Å²) < 4.78 is 17.6. The van der Waals surface area contributed by atoms with Crippen LogP contribution in [0.3, 0.4) is 0 Å². The van der Waals surface area contributed by atoms with Crippen LogP contribution in [0.15, 0.2) is 48.5 Å². The van der Waals surface area contributed by atoms with Gasteiger partial charge in [-0.3, -0.25) is 4.79 Å². The molecule has 36 heavy (non-hydrogen) atoms. The summed E-state index contributed by atoms with van der Waals surface area (Å²) in [5.41, 5.74) is 6.74. The second-order valence-electron chi connectivity index (χ2n) is 9.34. The standard InChI is InChI=1S/C27H23ClN4O4/c28-19-12-20-25(32-27(30-20)36-22-13-35-21-8-10-34-24(21)22)31-23(19)15-3-1-14(2-4-15)16-5-6-18-17(11-16)7-9-29-26(18)33/h1-6,11-12,21-22,24H,7-10,13H2,(H,29,33)(H,30,31,32).